The molecule has 0 amide bonds. The molecule has 0 N–H and O–H groups in total. The molecule has 2 aromatic heterocycles. The Morgan fingerprint density at radius 2 is 1.79 bits per heavy atom. The Morgan fingerprint density at radius 1 is 1.04 bits per heavy atom. The first-order valence-electron chi connectivity index (χ1n) is 7.56. The van der Waals surface area contributed by atoms with E-state index in [2.05, 4.69) is 9.97 Å². The van der Waals surface area contributed by atoms with Crippen LogP contribution in [0.15, 0.2) is 52.9 Å². The van der Waals surface area contributed by atoms with Crippen molar-refractivity contribution in [2.75, 3.05) is 0 Å². The summed E-state index contributed by atoms with van der Waals surface area (Å²) >= 11 is 0. The molecule has 0 bridgehead atoms. The van der Waals surface area contributed by atoms with Crippen LogP contribution in [-0.4, -0.2) is 15.8 Å². The number of nitrogens with zero attached hydrogens (tertiary/aromatic N) is 2. The Morgan fingerprint density at radius 3 is 2.54 bits per heavy atom. The van der Waals surface area contributed by atoms with E-state index in [0.717, 1.165) is 16.5 Å². The first kappa shape index (κ1) is 14.4. The monoisotopic (exact) mass is 318 g/mol. The van der Waals surface area contributed by atoms with Crippen LogP contribution < -0.4 is 4.74 Å². The third-order valence-electron chi connectivity index (χ3n) is 3.78. The number of hydrogen-bond donors (Lipinski definition) is 0. The fourth-order valence-electron chi connectivity index (χ4n) is 2.61. The summed E-state index contributed by atoms with van der Waals surface area (Å²) in [6.45, 7) is 3.34. The molecule has 5 heteroatoms. The number of aryl methyl sites for hydroxylation is 1. The molecule has 0 atom stereocenters. The van der Waals surface area contributed by atoms with Crippen molar-refractivity contribution in [3.05, 3.63) is 59.9 Å². The van der Waals surface area contributed by atoms with Crippen molar-refractivity contribution >= 4 is 27.9 Å². The van der Waals surface area contributed by atoms with Gasteiger partial charge in [-0.2, -0.15) is 4.98 Å². The first-order chi connectivity index (χ1) is 11.6. The van der Waals surface area contributed by atoms with Gasteiger partial charge in [0.15, 0.2) is 5.78 Å². The molecule has 4 aromatic rings. The van der Waals surface area contributed by atoms with Crippen LogP contribution in [0.4, 0.5) is 0 Å². The second kappa shape index (κ2) is 5.45. The van der Waals surface area contributed by atoms with Gasteiger partial charge in [-0.25, -0.2) is 4.98 Å². The highest BCUT2D eigenvalue weighted by Crippen LogP contribution is 2.34. The lowest BCUT2D eigenvalue weighted by molar-refractivity contribution is 0.101. The van der Waals surface area contributed by atoms with Gasteiger partial charge in [-0.3, -0.25) is 4.79 Å². The molecule has 0 fully saturated rings. The number of benzene rings is 2. The molecule has 118 valence electrons. The van der Waals surface area contributed by atoms with Gasteiger partial charge in [0, 0.05) is 10.9 Å². The molecule has 0 spiro atoms. The molecule has 5 nitrogen and oxygen atoms in total. The maximum atomic E-state index is 11.4. The van der Waals surface area contributed by atoms with Crippen LogP contribution >= 0.6 is 0 Å². The van der Waals surface area contributed by atoms with E-state index in [1.54, 1.807) is 24.3 Å². The number of carbonyl (C=O) groups is 1. The molecular weight excluding hydrogens is 304 g/mol. The zero-order valence-corrected chi connectivity index (χ0v) is 13.2. The van der Waals surface area contributed by atoms with E-state index in [-0.39, 0.29) is 5.78 Å². The zero-order valence-electron chi connectivity index (χ0n) is 13.2. The van der Waals surface area contributed by atoms with Gasteiger partial charge in [-0.15, -0.1) is 0 Å². The van der Waals surface area contributed by atoms with Crippen molar-refractivity contribution in [3.8, 4) is 11.6 Å². The molecule has 0 aliphatic rings. The number of para-hydroxylation sites is 1. The Bertz CT molecular complexity index is 1070. The van der Waals surface area contributed by atoms with E-state index in [1.807, 2.05) is 31.2 Å². The summed E-state index contributed by atoms with van der Waals surface area (Å²) in [5, 5.41) is 0.926. The summed E-state index contributed by atoms with van der Waals surface area (Å²) in [6.07, 6.45) is 0. The molecule has 0 saturated carbocycles. The van der Waals surface area contributed by atoms with E-state index < -0.39 is 0 Å². The lowest BCUT2D eigenvalue weighted by Gasteiger charge is -2.06. The quantitative estimate of drug-likeness (QED) is 0.513. The number of rotatable bonds is 3. The predicted molar refractivity (Wildman–Crippen MR) is 90.6 cm³/mol. The van der Waals surface area contributed by atoms with Crippen molar-refractivity contribution < 1.29 is 13.9 Å². The van der Waals surface area contributed by atoms with Crippen LogP contribution in [-0.2, 0) is 0 Å². The van der Waals surface area contributed by atoms with Gasteiger partial charge < -0.3 is 9.15 Å². The van der Waals surface area contributed by atoms with Gasteiger partial charge in [-0.05, 0) is 50.2 Å². The van der Waals surface area contributed by atoms with Crippen molar-refractivity contribution in [1.29, 1.82) is 0 Å². The second-order valence-electron chi connectivity index (χ2n) is 5.53. The fraction of sp³-hybridized carbons (Fsp3) is 0.105. The van der Waals surface area contributed by atoms with Gasteiger partial charge in [-0.1, -0.05) is 12.1 Å². The van der Waals surface area contributed by atoms with Crippen LogP contribution in [0.3, 0.4) is 0 Å². The number of aromatic nitrogens is 2. The molecule has 24 heavy (non-hydrogen) atoms. The summed E-state index contributed by atoms with van der Waals surface area (Å²) < 4.78 is 11.7. The fourth-order valence-corrected chi connectivity index (χ4v) is 2.61. The number of hydrogen-bond acceptors (Lipinski definition) is 5. The van der Waals surface area contributed by atoms with E-state index in [1.165, 1.54) is 6.92 Å². The smallest absolute Gasteiger partial charge is 0.267 e. The summed E-state index contributed by atoms with van der Waals surface area (Å²) in [4.78, 5) is 20.2. The van der Waals surface area contributed by atoms with E-state index in [0.29, 0.717) is 28.6 Å². The lowest BCUT2D eigenvalue weighted by atomic mass is 10.1. The summed E-state index contributed by atoms with van der Waals surface area (Å²) in [5.41, 5.74) is 2.62. The van der Waals surface area contributed by atoms with Gasteiger partial charge in [0.05, 0.1) is 0 Å². The maximum absolute atomic E-state index is 11.4. The molecule has 0 aliphatic carbocycles. The highest BCUT2D eigenvalue weighted by atomic mass is 16.5. The Kier molecular flexibility index (Phi) is 3.27. The van der Waals surface area contributed by atoms with Crippen molar-refractivity contribution in [2.45, 2.75) is 13.8 Å². The molecule has 0 unspecified atom stereocenters. The number of Topliss-reactive ketones (excluding diaryl/α,β-unsaturated/α-hetero) is 1. The Balaban J connectivity index is 1.82. The largest absolute Gasteiger partial charge is 0.449 e. The SMILES string of the molecule is CC(=O)c1ccc(Oc2nc(C)nc3c2oc2ccccc23)cc1. The summed E-state index contributed by atoms with van der Waals surface area (Å²) in [6, 6.07) is 14.6. The number of furan rings is 1. The number of fused-ring (bicyclic) bond motifs is 3. The minimum atomic E-state index is 0.0131. The topological polar surface area (TPSA) is 65.2 Å². The van der Waals surface area contributed by atoms with Gasteiger partial charge >= 0.3 is 0 Å². The first-order valence-corrected chi connectivity index (χ1v) is 7.56. The van der Waals surface area contributed by atoms with Crippen LogP contribution in [0.1, 0.15) is 23.1 Å². The van der Waals surface area contributed by atoms with Crippen LogP contribution in [0.5, 0.6) is 11.6 Å². The highest BCUT2D eigenvalue weighted by Gasteiger charge is 2.16. The van der Waals surface area contributed by atoms with Crippen molar-refractivity contribution in [1.82, 2.24) is 9.97 Å². The van der Waals surface area contributed by atoms with Crippen LogP contribution in [0.25, 0.3) is 22.1 Å². The third kappa shape index (κ3) is 2.40. The average molecular weight is 318 g/mol. The predicted octanol–water partition coefficient (Wildman–Crippen LogP) is 4.68. The summed E-state index contributed by atoms with van der Waals surface area (Å²) in [7, 11) is 0. The summed E-state index contributed by atoms with van der Waals surface area (Å²) in [5.74, 6) is 1.56. The zero-order chi connectivity index (χ0) is 16.7. The van der Waals surface area contributed by atoms with E-state index in [4.69, 9.17) is 9.15 Å². The molecule has 0 radical (unpaired) electrons. The van der Waals surface area contributed by atoms with Gasteiger partial charge in [0.2, 0.25) is 5.58 Å². The lowest BCUT2D eigenvalue weighted by Crippen LogP contribution is -1.95. The average Bonchev–Trinajstić information content (AvgIpc) is 2.94. The normalized spacial score (nSPS) is 11.1. The van der Waals surface area contributed by atoms with E-state index in [9.17, 15) is 4.79 Å². The van der Waals surface area contributed by atoms with Crippen molar-refractivity contribution in [3.63, 3.8) is 0 Å². The molecule has 4 rings (SSSR count). The highest BCUT2D eigenvalue weighted by molar-refractivity contribution is 6.03. The minimum absolute atomic E-state index is 0.0131. The maximum Gasteiger partial charge on any atom is 0.267 e. The third-order valence-corrected chi connectivity index (χ3v) is 3.78. The minimum Gasteiger partial charge on any atom is -0.449 e. The van der Waals surface area contributed by atoms with E-state index >= 15 is 0 Å². The molecule has 2 heterocycles. The Labute approximate surface area is 137 Å². The number of ether oxygens (including phenoxy) is 1. The van der Waals surface area contributed by atoms with Gasteiger partial charge in [0.25, 0.3) is 5.88 Å². The molecule has 2 aromatic carbocycles. The van der Waals surface area contributed by atoms with Crippen LogP contribution in [0.2, 0.25) is 0 Å². The van der Waals surface area contributed by atoms with Gasteiger partial charge in [0.1, 0.15) is 22.7 Å². The molecule has 0 saturated heterocycles. The standard InChI is InChI=1S/C19H14N2O3/c1-11(22)13-7-9-14(10-8-13)23-19-18-17(20-12(2)21-19)15-5-3-4-6-16(15)24-18/h3-10H,1-2H3. The van der Waals surface area contributed by atoms with Crippen molar-refractivity contribution in [2.24, 2.45) is 0 Å². The number of carbonyl (C=O) groups excluding carboxylic acids is 1. The Hall–Kier alpha value is -3.21. The second-order valence-corrected chi connectivity index (χ2v) is 5.53. The van der Waals surface area contributed by atoms with Crippen LogP contribution in [0, 0.1) is 6.92 Å². The molecular formula is C19H14N2O3. The molecule has 0 aliphatic heterocycles. The number of ketones is 1.